The summed E-state index contributed by atoms with van der Waals surface area (Å²) >= 11 is 0. The Morgan fingerprint density at radius 3 is 2.60 bits per heavy atom. The molecule has 126 valence electrons. The molecule has 1 N–H and O–H groups in total. The van der Waals surface area contributed by atoms with Gasteiger partial charge in [0.05, 0.1) is 6.26 Å². The molecular weight excluding hydrogens is 320 g/mol. The van der Waals surface area contributed by atoms with Crippen molar-refractivity contribution in [2.24, 2.45) is 0 Å². The largest absolute Gasteiger partial charge is 0.457 e. The summed E-state index contributed by atoms with van der Waals surface area (Å²) in [5.41, 5.74) is 1.42. The van der Waals surface area contributed by atoms with Gasteiger partial charge < -0.3 is 14.5 Å². The Hall–Kier alpha value is -3.41. The average molecular weight is 336 g/mol. The summed E-state index contributed by atoms with van der Waals surface area (Å²) in [6.45, 7) is 0.328. The highest BCUT2D eigenvalue weighted by Gasteiger charge is 2.26. The van der Waals surface area contributed by atoms with Gasteiger partial charge in [-0.1, -0.05) is 36.4 Å². The molecule has 0 aliphatic rings. The van der Waals surface area contributed by atoms with E-state index in [1.54, 1.807) is 24.4 Å². The molecule has 3 aromatic rings. The van der Waals surface area contributed by atoms with Crippen LogP contribution in [0.5, 0.6) is 0 Å². The molecule has 1 aromatic carbocycles. The van der Waals surface area contributed by atoms with Crippen molar-refractivity contribution in [3.05, 3.63) is 90.1 Å². The number of carbonyl (C=O) groups excluding carboxylic acids is 2. The van der Waals surface area contributed by atoms with Crippen LogP contribution in [0.2, 0.25) is 0 Å². The summed E-state index contributed by atoms with van der Waals surface area (Å²) in [7, 11) is 0. The number of ether oxygens (including phenoxy) is 1. The molecule has 2 aromatic heterocycles. The molecule has 0 saturated carbocycles. The summed E-state index contributed by atoms with van der Waals surface area (Å²) in [4.78, 5) is 28.7. The normalized spacial score (nSPS) is 11.5. The van der Waals surface area contributed by atoms with Gasteiger partial charge in [0.1, 0.15) is 0 Å². The number of furan rings is 1. The van der Waals surface area contributed by atoms with E-state index in [1.807, 2.05) is 30.3 Å². The molecule has 0 unspecified atom stereocenters. The first-order valence-electron chi connectivity index (χ1n) is 7.70. The lowest BCUT2D eigenvalue weighted by Gasteiger charge is -2.17. The molecule has 3 rings (SSSR count). The molecule has 0 aliphatic heterocycles. The first-order valence-corrected chi connectivity index (χ1v) is 7.70. The van der Waals surface area contributed by atoms with Crippen LogP contribution in [0, 0.1) is 0 Å². The molecule has 6 nitrogen and oxygen atoms in total. The Bertz CT molecular complexity index is 817. The molecule has 0 fully saturated rings. The van der Waals surface area contributed by atoms with E-state index < -0.39 is 18.0 Å². The second-order valence-corrected chi connectivity index (χ2v) is 5.25. The lowest BCUT2D eigenvalue weighted by molar-refractivity contribution is -0.130. The van der Waals surface area contributed by atoms with Crippen molar-refractivity contribution in [1.29, 1.82) is 0 Å². The zero-order chi connectivity index (χ0) is 17.5. The van der Waals surface area contributed by atoms with Gasteiger partial charge >= 0.3 is 5.97 Å². The maximum atomic E-state index is 12.6. The number of amides is 1. The number of pyridine rings is 1. The van der Waals surface area contributed by atoms with E-state index in [0.717, 1.165) is 5.56 Å². The number of aromatic nitrogens is 1. The predicted molar refractivity (Wildman–Crippen MR) is 89.4 cm³/mol. The third kappa shape index (κ3) is 4.32. The van der Waals surface area contributed by atoms with Crippen molar-refractivity contribution in [1.82, 2.24) is 10.3 Å². The maximum absolute atomic E-state index is 12.6. The third-order valence-electron chi connectivity index (χ3n) is 3.48. The van der Waals surface area contributed by atoms with Gasteiger partial charge in [0, 0.05) is 24.5 Å². The van der Waals surface area contributed by atoms with Crippen LogP contribution in [0.25, 0.3) is 0 Å². The van der Waals surface area contributed by atoms with Crippen molar-refractivity contribution >= 4 is 11.9 Å². The van der Waals surface area contributed by atoms with Gasteiger partial charge in [-0.15, -0.1) is 0 Å². The number of nitrogens with zero attached hydrogens (tertiary/aromatic N) is 1. The zero-order valence-corrected chi connectivity index (χ0v) is 13.3. The smallest absolute Gasteiger partial charge is 0.375 e. The predicted octanol–water partition coefficient (Wildman–Crippen LogP) is 2.89. The van der Waals surface area contributed by atoms with Crippen LogP contribution in [0.4, 0.5) is 0 Å². The first kappa shape index (κ1) is 16.4. The standard InChI is InChI=1S/C19H16N2O4/c22-18(21-12-14-6-2-1-3-7-14)17(15-8-4-10-20-13-15)25-19(23)16-9-5-11-24-16/h1-11,13,17H,12H2,(H,21,22)/t17-/m1/s1. The Balaban J connectivity index is 1.74. The summed E-state index contributed by atoms with van der Waals surface area (Å²) in [5, 5.41) is 2.77. The third-order valence-corrected chi connectivity index (χ3v) is 3.48. The van der Waals surface area contributed by atoms with Crippen molar-refractivity contribution in [2.45, 2.75) is 12.6 Å². The summed E-state index contributed by atoms with van der Waals surface area (Å²) < 4.78 is 10.4. The molecule has 2 heterocycles. The lowest BCUT2D eigenvalue weighted by atomic mass is 10.1. The van der Waals surface area contributed by atoms with Crippen LogP contribution in [-0.2, 0) is 16.1 Å². The number of hydrogen-bond donors (Lipinski definition) is 1. The van der Waals surface area contributed by atoms with E-state index in [1.165, 1.54) is 18.5 Å². The average Bonchev–Trinajstić information content (AvgIpc) is 3.20. The highest BCUT2D eigenvalue weighted by molar-refractivity contribution is 5.90. The van der Waals surface area contributed by atoms with Crippen LogP contribution in [0.15, 0.2) is 77.7 Å². The minimum atomic E-state index is -1.12. The van der Waals surface area contributed by atoms with E-state index in [9.17, 15) is 9.59 Å². The number of esters is 1. The number of benzene rings is 1. The topological polar surface area (TPSA) is 81.4 Å². The van der Waals surface area contributed by atoms with Gasteiger partial charge in [-0.3, -0.25) is 9.78 Å². The van der Waals surface area contributed by atoms with E-state index in [0.29, 0.717) is 12.1 Å². The highest BCUT2D eigenvalue weighted by atomic mass is 16.6. The van der Waals surface area contributed by atoms with E-state index in [-0.39, 0.29) is 5.76 Å². The number of nitrogens with one attached hydrogen (secondary N) is 1. The van der Waals surface area contributed by atoms with Crippen LogP contribution >= 0.6 is 0 Å². The summed E-state index contributed by atoms with van der Waals surface area (Å²) in [6, 6.07) is 15.9. The number of hydrogen-bond acceptors (Lipinski definition) is 5. The molecule has 1 amide bonds. The second-order valence-electron chi connectivity index (χ2n) is 5.25. The Kier molecular flexibility index (Phi) is 5.21. The van der Waals surface area contributed by atoms with Crippen LogP contribution < -0.4 is 5.32 Å². The fourth-order valence-corrected chi connectivity index (χ4v) is 2.24. The van der Waals surface area contributed by atoms with Gasteiger partial charge in [-0.25, -0.2) is 4.79 Å². The van der Waals surface area contributed by atoms with Crippen LogP contribution in [0.1, 0.15) is 27.8 Å². The fourth-order valence-electron chi connectivity index (χ4n) is 2.24. The SMILES string of the molecule is O=C(O[C@@H](C(=O)NCc1ccccc1)c1cccnc1)c1ccco1. The van der Waals surface area contributed by atoms with Gasteiger partial charge in [-0.05, 0) is 23.8 Å². The molecule has 0 bridgehead atoms. The highest BCUT2D eigenvalue weighted by Crippen LogP contribution is 2.19. The quantitative estimate of drug-likeness (QED) is 0.700. The fraction of sp³-hybridized carbons (Fsp3) is 0.105. The van der Waals surface area contributed by atoms with E-state index >= 15 is 0 Å². The first-order chi connectivity index (χ1) is 12.2. The van der Waals surface area contributed by atoms with Crippen molar-refractivity contribution < 1.29 is 18.7 Å². The van der Waals surface area contributed by atoms with E-state index in [4.69, 9.17) is 9.15 Å². The Morgan fingerprint density at radius 1 is 1.08 bits per heavy atom. The Labute approximate surface area is 144 Å². The monoisotopic (exact) mass is 336 g/mol. The molecule has 25 heavy (non-hydrogen) atoms. The molecule has 1 atom stereocenters. The van der Waals surface area contributed by atoms with Crippen molar-refractivity contribution in [2.75, 3.05) is 0 Å². The number of carbonyl (C=O) groups is 2. The molecule has 0 aliphatic carbocycles. The molecule has 0 spiro atoms. The molecule has 6 heteroatoms. The summed E-state index contributed by atoms with van der Waals surface area (Å²) in [5.74, 6) is -1.12. The van der Waals surface area contributed by atoms with Crippen LogP contribution in [-0.4, -0.2) is 16.9 Å². The maximum Gasteiger partial charge on any atom is 0.375 e. The molecule has 0 saturated heterocycles. The van der Waals surface area contributed by atoms with Gasteiger partial charge in [0.2, 0.25) is 11.9 Å². The lowest BCUT2D eigenvalue weighted by Crippen LogP contribution is -2.31. The molecule has 0 radical (unpaired) electrons. The molecular formula is C19H16N2O4. The Morgan fingerprint density at radius 2 is 1.92 bits per heavy atom. The number of rotatable bonds is 6. The van der Waals surface area contributed by atoms with Crippen molar-refractivity contribution in [3.8, 4) is 0 Å². The summed E-state index contributed by atoms with van der Waals surface area (Å²) in [6.07, 6.45) is 3.32. The second kappa shape index (κ2) is 7.92. The minimum absolute atomic E-state index is 0.0322. The van der Waals surface area contributed by atoms with Gasteiger partial charge in [0.25, 0.3) is 5.91 Å². The van der Waals surface area contributed by atoms with Crippen molar-refractivity contribution in [3.63, 3.8) is 0 Å². The van der Waals surface area contributed by atoms with E-state index in [2.05, 4.69) is 10.3 Å². The van der Waals surface area contributed by atoms with Gasteiger partial charge in [-0.2, -0.15) is 0 Å². The zero-order valence-electron chi connectivity index (χ0n) is 13.3. The van der Waals surface area contributed by atoms with Crippen LogP contribution in [0.3, 0.4) is 0 Å². The van der Waals surface area contributed by atoms with Gasteiger partial charge in [0.15, 0.2) is 0 Å². The minimum Gasteiger partial charge on any atom is -0.457 e.